The minimum absolute atomic E-state index is 0.255. The molecule has 2 heterocycles. The molecule has 0 atom stereocenters. The number of nitrogens with zero attached hydrogens (tertiary/aromatic N) is 4. The second kappa shape index (κ2) is 4.77. The van der Waals surface area contributed by atoms with Gasteiger partial charge in [-0.1, -0.05) is 0 Å². The van der Waals surface area contributed by atoms with Crippen LogP contribution < -0.4 is 0 Å². The van der Waals surface area contributed by atoms with Crippen LogP contribution in [0.25, 0.3) is 22.5 Å². The Morgan fingerprint density at radius 2 is 2.00 bits per heavy atom. The summed E-state index contributed by atoms with van der Waals surface area (Å²) in [5.41, 5.74) is 4.58. The molecule has 3 aromatic rings. The number of benzene rings is 1. The van der Waals surface area contributed by atoms with E-state index in [4.69, 9.17) is 0 Å². The molecule has 0 spiro atoms. The van der Waals surface area contributed by atoms with Gasteiger partial charge in [0, 0.05) is 30.6 Å². The molecule has 1 aromatic carbocycles. The third kappa shape index (κ3) is 2.14. The summed E-state index contributed by atoms with van der Waals surface area (Å²) >= 11 is 0. The molecule has 20 heavy (non-hydrogen) atoms. The molecule has 0 fully saturated rings. The molecule has 2 aromatic heterocycles. The van der Waals surface area contributed by atoms with Gasteiger partial charge in [-0.3, -0.25) is 4.68 Å². The molecular formula is C15H14N4O. The summed E-state index contributed by atoms with van der Waals surface area (Å²) < 4.78 is 1.76. The Hall–Kier alpha value is -2.69. The third-order valence-electron chi connectivity index (χ3n) is 3.15. The van der Waals surface area contributed by atoms with Crippen LogP contribution in [0.15, 0.2) is 43.0 Å². The zero-order valence-electron chi connectivity index (χ0n) is 11.3. The van der Waals surface area contributed by atoms with Gasteiger partial charge >= 0.3 is 0 Å². The minimum Gasteiger partial charge on any atom is -0.508 e. The summed E-state index contributed by atoms with van der Waals surface area (Å²) in [6, 6.07) is 7.13. The molecule has 0 aliphatic heterocycles. The van der Waals surface area contributed by atoms with Gasteiger partial charge in [0.25, 0.3) is 0 Å². The van der Waals surface area contributed by atoms with Gasteiger partial charge in [0.05, 0.1) is 5.69 Å². The standard InChI is InChI=1S/C15H14N4O/c1-10-7-11(20)3-4-12(10)15-13(8-19(2)18-15)14-5-6-16-9-17-14/h3-9,20H,1-2H3. The highest BCUT2D eigenvalue weighted by Crippen LogP contribution is 2.32. The molecule has 0 amide bonds. The van der Waals surface area contributed by atoms with Crippen LogP contribution in [0, 0.1) is 6.92 Å². The van der Waals surface area contributed by atoms with Gasteiger partial charge in [0.1, 0.15) is 17.8 Å². The number of phenolic OH excluding ortho intramolecular Hbond substituents is 1. The fraction of sp³-hybridized carbons (Fsp3) is 0.133. The summed E-state index contributed by atoms with van der Waals surface area (Å²) in [4.78, 5) is 8.22. The van der Waals surface area contributed by atoms with E-state index in [-0.39, 0.29) is 5.75 Å². The quantitative estimate of drug-likeness (QED) is 0.774. The Balaban J connectivity index is 2.20. The van der Waals surface area contributed by atoms with E-state index >= 15 is 0 Å². The van der Waals surface area contributed by atoms with Crippen molar-refractivity contribution in [1.29, 1.82) is 0 Å². The number of hydrogen-bond acceptors (Lipinski definition) is 4. The molecular weight excluding hydrogens is 252 g/mol. The van der Waals surface area contributed by atoms with Crippen molar-refractivity contribution in [3.63, 3.8) is 0 Å². The number of aromatic hydroxyl groups is 1. The Bertz CT molecular complexity index is 750. The third-order valence-corrected chi connectivity index (χ3v) is 3.15. The average Bonchev–Trinajstić information content (AvgIpc) is 2.81. The van der Waals surface area contributed by atoms with Crippen LogP contribution in [-0.2, 0) is 7.05 Å². The first kappa shape index (κ1) is 12.3. The molecule has 0 unspecified atom stereocenters. The average molecular weight is 266 g/mol. The van der Waals surface area contributed by atoms with E-state index in [0.29, 0.717) is 0 Å². The SMILES string of the molecule is Cc1cc(O)ccc1-c1nn(C)cc1-c1ccncn1. The van der Waals surface area contributed by atoms with Gasteiger partial charge < -0.3 is 5.11 Å². The van der Waals surface area contributed by atoms with Crippen LogP contribution in [-0.4, -0.2) is 24.9 Å². The maximum absolute atomic E-state index is 9.53. The van der Waals surface area contributed by atoms with E-state index in [1.165, 1.54) is 6.33 Å². The van der Waals surface area contributed by atoms with Crippen molar-refractivity contribution < 1.29 is 5.11 Å². The predicted molar refractivity (Wildman–Crippen MR) is 76.1 cm³/mol. The molecule has 0 aliphatic carbocycles. The number of phenols is 1. The Morgan fingerprint density at radius 1 is 1.15 bits per heavy atom. The Labute approximate surface area is 116 Å². The predicted octanol–water partition coefficient (Wildman–Crippen LogP) is 2.56. The molecule has 0 bridgehead atoms. The second-order valence-electron chi connectivity index (χ2n) is 4.66. The fourth-order valence-corrected chi connectivity index (χ4v) is 2.24. The minimum atomic E-state index is 0.255. The van der Waals surface area contributed by atoms with Gasteiger partial charge in [-0.2, -0.15) is 5.10 Å². The van der Waals surface area contributed by atoms with Crippen molar-refractivity contribution in [3.8, 4) is 28.3 Å². The fourth-order valence-electron chi connectivity index (χ4n) is 2.24. The maximum Gasteiger partial charge on any atom is 0.116 e. The molecule has 100 valence electrons. The summed E-state index contributed by atoms with van der Waals surface area (Å²) in [7, 11) is 1.88. The monoisotopic (exact) mass is 266 g/mol. The van der Waals surface area contributed by atoms with E-state index in [1.54, 1.807) is 23.0 Å². The first-order valence-electron chi connectivity index (χ1n) is 6.25. The number of aryl methyl sites for hydroxylation is 2. The van der Waals surface area contributed by atoms with Crippen molar-refractivity contribution in [3.05, 3.63) is 48.5 Å². The molecule has 0 radical (unpaired) electrons. The van der Waals surface area contributed by atoms with Crippen LogP contribution >= 0.6 is 0 Å². The highest BCUT2D eigenvalue weighted by molar-refractivity contribution is 5.80. The summed E-state index contributed by atoms with van der Waals surface area (Å²) in [6.07, 6.45) is 5.17. The van der Waals surface area contributed by atoms with Gasteiger partial charge in [0.15, 0.2) is 0 Å². The topological polar surface area (TPSA) is 63.8 Å². The zero-order chi connectivity index (χ0) is 14.1. The van der Waals surface area contributed by atoms with E-state index < -0.39 is 0 Å². The Kier molecular flexibility index (Phi) is 2.95. The van der Waals surface area contributed by atoms with Crippen molar-refractivity contribution >= 4 is 0 Å². The van der Waals surface area contributed by atoms with Gasteiger partial charge in [-0.05, 0) is 36.8 Å². The largest absolute Gasteiger partial charge is 0.508 e. The van der Waals surface area contributed by atoms with Gasteiger partial charge in [-0.25, -0.2) is 9.97 Å². The number of hydrogen-bond donors (Lipinski definition) is 1. The van der Waals surface area contributed by atoms with Gasteiger partial charge in [0.2, 0.25) is 0 Å². The van der Waals surface area contributed by atoms with Crippen LogP contribution in [0.3, 0.4) is 0 Å². The van der Waals surface area contributed by atoms with Crippen LogP contribution in [0.4, 0.5) is 0 Å². The molecule has 0 saturated heterocycles. The summed E-state index contributed by atoms with van der Waals surface area (Å²) in [5.74, 6) is 0.255. The molecule has 5 nitrogen and oxygen atoms in total. The first-order chi connectivity index (χ1) is 9.65. The smallest absolute Gasteiger partial charge is 0.116 e. The second-order valence-corrected chi connectivity index (χ2v) is 4.66. The molecule has 0 saturated carbocycles. The molecule has 5 heteroatoms. The lowest BCUT2D eigenvalue weighted by molar-refractivity contribution is 0.475. The highest BCUT2D eigenvalue weighted by Gasteiger charge is 2.15. The Morgan fingerprint density at radius 3 is 2.70 bits per heavy atom. The van der Waals surface area contributed by atoms with Crippen molar-refractivity contribution in [2.75, 3.05) is 0 Å². The van der Waals surface area contributed by atoms with E-state index in [1.807, 2.05) is 32.3 Å². The summed E-state index contributed by atoms with van der Waals surface area (Å²) in [6.45, 7) is 1.95. The van der Waals surface area contributed by atoms with E-state index in [0.717, 1.165) is 28.1 Å². The highest BCUT2D eigenvalue weighted by atomic mass is 16.3. The van der Waals surface area contributed by atoms with E-state index in [9.17, 15) is 5.11 Å². The number of rotatable bonds is 2. The van der Waals surface area contributed by atoms with Crippen LogP contribution in [0.1, 0.15) is 5.56 Å². The first-order valence-corrected chi connectivity index (χ1v) is 6.25. The molecule has 0 aliphatic rings. The van der Waals surface area contributed by atoms with Gasteiger partial charge in [-0.15, -0.1) is 0 Å². The lowest BCUT2D eigenvalue weighted by atomic mass is 10.0. The van der Waals surface area contributed by atoms with Crippen molar-refractivity contribution in [1.82, 2.24) is 19.7 Å². The van der Waals surface area contributed by atoms with Crippen LogP contribution in [0.2, 0.25) is 0 Å². The molecule has 1 N–H and O–H groups in total. The van der Waals surface area contributed by atoms with Crippen molar-refractivity contribution in [2.45, 2.75) is 6.92 Å². The lowest BCUT2D eigenvalue weighted by Crippen LogP contribution is -1.90. The van der Waals surface area contributed by atoms with E-state index in [2.05, 4.69) is 15.1 Å². The zero-order valence-corrected chi connectivity index (χ0v) is 11.3. The normalized spacial score (nSPS) is 10.7. The lowest BCUT2D eigenvalue weighted by Gasteiger charge is -2.06. The van der Waals surface area contributed by atoms with Crippen molar-refractivity contribution in [2.24, 2.45) is 7.05 Å². The maximum atomic E-state index is 9.53. The number of aromatic nitrogens is 4. The van der Waals surface area contributed by atoms with Crippen LogP contribution in [0.5, 0.6) is 5.75 Å². The molecule has 3 rings (SSSR count). The summed E-state index contributed by atoms with van der Waals surface area (Å²) in [5, 5.41) is 14.1.